The summed E-state index contributed by atoms with van der Waals surface area (Å²) in [4.78, 5) is 0. The van der Waals surface area contributed by atoms with Gasteiger partial charge in [-0.15, -0.1) is 0 Å². The van der Waals surface area contributed by atoms with E-state index in [2.05, 4.69) is 20.4 Å². The molecule has 0 aromatic carbocycles. The Kier molecular flexibility index (Phi) is 39.1. The SMILES string of the molecule is CC(C)O.CC(C)O.CC(C)O.NCC[CH2][Ti]. The zero-order chi connectivity index (χ0) is 14.9. The van der Waals surface area contributed by atoms with Gasteiger partial charge < -0.3 is 15.3 Å². The van der Waals surface area contributed by atoms with E-state index in [4.69, 9.17) is 21.1 Å². The van der Waals surface area contributed by atoms with E-state index in [1.54, 1.807) is 41.5 Å². The third kappa shape index (κ3) is 537. The van der Waals surface area contributed by atoms with Gasteiger partial charge in [0, 0.05) is 18.3 Å². The molecule has 0 aliphatic heterocycles. The minimum absolute atomic E-state index is 0.167. The Hall–Kier alpha value is 0.554. The first-order valence-corrected chi connectivity index (χ1v) is 7.10. The fourth-order valence-electron chi connectivity index (χ4n) is 0.102. The molecule has 5 heteroatoms. The maximum atomic E-state index is 8.06. The second-order valence-electron chi connectivity index (χ2n) is 4.17. The number of aliphatic hydroxyl groups is 3. The Morgan fingerprint density at radius 2 is 1.00 bits per heavy atom. The van der Waals surface area contributed by atoms with Crippen LogP contribution in [0.4, 0.5) is 0 Å². The van der Waals surface area contributed by atoms with Crippen LogP contribution in [0.5, 0.6) is 0 Å². The van der Waals surface area contributed by atoms with Gasteiger partial charge in [-0.1, -0.05) is 0 Å². The van der Waals surface area contributed by atoms with Crippen molar-refractivity contribution in [2.45, 2.75) is 71.0 Å². The predicted molar refractivity (Wildman–Crippen MR) is 70.5 cm³/mol. The molecule has 0 saturated heterocycles. The Morgan fingerprint density at radius 1 is 0.824 bits per heavy atom. The summed E-state index contributed by atoms with van der Waals surface area (Å²) in [5.41, 5.74) is 5.14. The van der Waals surface area contributed by atoms with E-state index in [0.717, 1.165) is 6.54 Å². The molecular weight excluding hydrogens is 254 g/mol. The second kappa shape index (κ2) is 25.4. The monoisotopic (exact) mass is 286 g/mol. The van der Waals surface area contributed by atoms with Gasteiger partial charge in [0.1, 0.15) is 0 Å². The normalized spacial score (nSPS) is 8.71. The molecule has 0 aromatic rings. The van der Waals surface area contributed by atoms with Gasteiger partial charge in [0.25, 0.3) is 0 Å². The van der Waals surface area contributed by atoms with Crippen LogP contribution in [0.3, 0.4) is 0 Å². The maximum absolute atomic E-state index is 8.06. The van der Waals surface area contributed by atoms with Crippen molar-refractivity contribution in [2.75, 3.05) is 6.54 Å². The summed E-state index contributed by atoms with van der Waals surface area (Å²) in [5.74, 6) is 0. The van der Waals surface area contributed by atoms with Crippen LogP contribution in [-0.4, -0.2) is 40.2 Å². The zero-order valence-electron chi connectivity index (χ0n) is 12.3. The molecule has 0 amide bonds. The van der Waals surface area contributed by atoms with Crippen molar-refractivity contribution >= 4 is 0 Å². The van der Waals surface area contributed by atoms with Gasteiger partial charge in [-0.25, -0.2) is 0 Å². The van der Waals surface area contributed by atoms with E-state index in [1.807, 2.05) is 0 Å². The van der Waals surface area contributed by atoms with Crippen LogP contribution < -0.4 is 5.73 Å². The number of rotatable bonds is 2. The van der Waals surface area contributed by atoms with Crippen LogP contribution in [0, 0.1) is 0 Å². The van der Waals surface area contributed by atoms with Gasteiger partial charge in [0.05, 0.1) is 0 Å². The molecule has 0 unspecified atom stereocenters. The van der Waals surface area contributed by atoms with Gasteiger partial charge in [0.2, 0.25) is 0 Å². The van der Waals surface area contributed by atoms with Crippen molar-refractivity contribution in [1.82, 2.24) is 0 Å². The minimum atomic E-state index is -0.167. The molecule has 0 saturated carbocycles. The van der Waals surface area contributed by atoms with E-state index in [-0.39, 0.29) is 18.3 Å². The average Bonchev–Trinajstić information content (AvgIpc) is 2.01. The molecule has 0 aliphatic rings. The summed E-state index contributed by atoms with van der Waals surface area (Å²) < 4.78 is 1.22. The second-order valence-corrected chi connectivity index (χ2v) is 4.95. The molecule has 4 nitrogen and oxygen atoms in total. The molecule has 0 atom stereocenters. The van der Waals surface area contributed by atoms with Crippen LogP contribution in [0.25, 0.3) is 0 Å². The summed E-state index contributed by atoms with van der Waals surface area (Å²) in [5, 5.41) is 24.2. The molecule has 0 heterocycles. The van der Waals surface area contributed by atoms with Crippen molar-refractivity contribution < 1.29 is 35.8 Å². The quantitative estimate of drug-likeness (QED) is 0.579. The third-order valence-electron chi connectivity index (χ3n) is 0.381. The summed E-state index contributed by atoms with van der Waals surface area (Å²) in [6.45, 7) is 11.2. The Balaban J connectivity index is -0.0000000667. The topological polar surface area (TPSA) is 86.7 Å². The van der Waals surface area contributed by atoms with Gasteiger partial charge in [-0.3, -0.25) is 0 Å². The van der Waals surface area contributed by atoms with Gasteiger partial charge in [-0.05, 0) is 41.5 Å². The molecule has 0 rings (SSSR count). The van der Waals surface area contributed by atoms with E-state index < -0.39 is 0 Å². The fourth-order valence-corrected chi connectivity index (χ4v) is 0.421. The first-order valence-electron chi connectivity index (χ1n) is 6.00. The first kappa shape index (κ1) is 26.2. The van der Waals surface area contributed by atoms with E-state index >= 15 is 0 Å². The van der Waals surface area contributed by atoms with Gasteiger partial charge in [0.15, 0.2) is 0 Å². The molecule has 0 spiro atoms. The Labute approximate surface area is 119 Å². The van der Waals surface area contributed by atoms with Crippen LogP contribution in [0.1, 0.15) is 48.0 Å². The zero-order valence-corrected chi connectivity index (χ0v) is 13.8. The van der Waals surface area contributed by atoms with Crippen molar-refractivity contribution in [2.24, 2.45) is 5.73 Å². The van der Waals surface area contributed by atoms with Crippen molar-refractivity contribution in [1.29, 1.82) is 0 Å². The Morgan fingerprint density at radius 3 is 1.00 bits per heavy atom. The molecule has 5 N–H and O–H groups in total. The average molecular weight is 286 g/mol. The predicted octanol–water partition coefficient (Wildman–Crippen LogP) is 1.46. The molecule has 0 bridgehead atoms. The van der Waals surface area contributed by atoms with Crippen LogP contribution >= 0.6 is 0 Å². The summed E-state index contributed by atoms with van der Waals surface area (Å²) in [6, 6.07) is 0. The van der Waals surface area contributed by atoms with Crippen molar-refractivity contribution in [3.63, 3.8) is 0 Å². The standard InChI is InChI=1S/C3H8N.3C3H8O.Ti/c1-2-3-4;3*1-3(2)4;/h1-4H2;3*3-4H,1-2H3;. The number of nitrogens with two attached hydrogens (primary N) is 1. The van der Waals surface area contributed by atoms with Gasteiger partial charge in [-0.2, -0.15) is 0 Å². The molecule has 0 radical (unpaired) electrons. The molecule has 0 aliphatic carbocycles. The Bertz CT molecular complexity index is 77.2. The molecule has 17 heavy (non-hydrogen) atoms. The van der Waals surface area contributed by atoms with Crippen LogP contribution in [0.2, 0.25) is 4.73 Å². The van der Waals surface area contributed by atoms with E-state index in [1.165, 1.54) is 11.1 Å². The molecular formula is C12H32NO3Ti. The number of hydrogen-bond donors (Lipinski definition) is 4. The van der Waals surface area contributed by atoms with E-state index in [9.17, 15) is 0 Å². The van der Waals surface area contributed by atoms with Crippen molar-refractivity contribution in [3.8, 4) is 0 Å². The summed E-state index contributed by atoms with van der Waals surface area (Å²) >= 11 is 2.13. The van der Waals surface area contributed by atoms with Crippen LogP contribution in [-0.2, 0) is 20.4 Å². The summed E-state index contributed by atoms with van der Waals surface area (Å²) in [7, 11) is 0. The number of hydrogen-bond acceptors (Lipinski definition) is 4. The number of aliphatic hydroxyl groups excluding tert-OH is 3. The van der Waals surface area contributed by atoms with Gasteiger partial charge >= 0.3 is 43.9 Å². The molecule has 107 valence electrons. The fraction of sp³-hybridized carbons (Fsp3) is 1.00. The van der Waals surface area contributed by atoms with Crippen molar-refractivity contribution in [3.05, 3.63) is 0 Å². The molecule has 0 aromatic heterocycles. The van der Waals surface area contributed by atoms with Crippen LogP contribution in [0.15, 0.2) is 0 Å². The third-order valence-corrected chi connectivity index (χ3v) is 0.933. The first-order chi connectivity index (χ1) is 7.61. The molecule has 0 fully saturated rings. The van der Waals surface area contributed by atoms with E-state index in [0.29, 0.717) is 0 Å². The summed E-state index contributed by atoms with van der Waals surface area (Å²) in [6.07, 6.45) is 0.667.